The van der Waals surface area contributed by atoms with Gasteiger partial charge in [-0.2, -0.15) is 0 Å². The van der Waals surface area contributed by atoms with Crippen LogP contribution in [0, 0.1) is 20.2 Å². The number of nitrogens with zero attached hydrogens (tertiary/aromatic N) is 3. The average Bonchev–Trinajstić information content (AvgIpc) is 2.84. The highest BCUT2D eigenvalue weighted by molar-refractivity contribution is 6.31. The van der Waals surface area contributed by atoms with Gasteiger partial charge in [-0.15, -0.1) is 0 Å². The third-order valence-corrected chi connectivity index (χ3v) is 3.99. The normalized spacial score (nSPS) is 12.9. The highest BCUT2D eigenvalue weighted by Crippen LogP contribution is 2.32. The summed E-state index contributed by atoms with van der Waals surface area (Å²) >= 11 is 5.73. The highest BCUT2D eigenvalue weighted by Gasteiger charge is 2.40. The lowest BCUT2D eigenvalue weighted by molar-refractivity contribution is -0.385. The Morgan fingerprint density at radius 3 is 2.35 bits per heavy atom. The van der Waals surface area contributed by atoms with Crippen molar-refractivity contribution in [2.45, 2.75) is 0 Å². The van der Waals surface area contributed by atoms with E-state index in [1.807, 2.05) is 0 Å². The largest absolute Gasteiger partial charge is 0.362 e. The minimum atomic E-state index is -0.846. The fourth-order valence-corrected chi connectivity index (χ4v) is 2.75. The van der Waals surface area contributed by atoms with E-state index in [9.17, 15) is 29.8 Å². The summed E-state index contributed by atoms with van der Waals surface area (Å²) in [6.45, 7) is -0.397. The van der Waals surface area contributed by atoms with E-state index in [0.29, 0.717) is 0 Å². The maximum atomic E-state index is 12.4. The number of fused-ring (bicyclic) bond motifs is 1. The van der Waals surface area contributed by atoms with Gasteiger partial charge in [0.25, 0.3) is 23.2 Å². The molecule has 0 bridgehead atoms. The van der Waals surface area contributed by atoms with E-state index in [1.165, 1.54) is 24.3 Å². The van der Waals surface area contributed by atoms with Crippen LogP contribution in [0.1, 0.15) is 20.7 Å². The van der Waals surface area contributed by atoms with E-state index in [4.69, 9.17) is 11.6 Å². The van der Waals surface area contributed by atoms with E-state index in [1.54, 1.807) is 0 Å². The van der Waals surface area contributed by atoms with Crippen LogP contribution in [-0.4, -0.2) is 33.2 Å². The predicted octanol–water partition coefficient (Wildman–Crippen LogP) is 2.82. The molecule has 2 amide bonds. The fraction of sp³-hybridized carbons (Fsp3) is 0.0667. The van der Waals surface area contributed by atoms with Gasteiger partial charge in [-0.3, -0.25) is 34.7 Å². The van der Waals surface area contributed by atoms with Gasteiger partial charge >= 0.3 is 0 Å². The van der Waals surface area contributed by atoms with Crippen LogP contribution in [0.2, 0.25) is 5.02 Å². The lowest BCUT2D eigenvalue weighted by atomic mass is 10.1. The molecule has 0 unspecified atom stereocenters. The standard InChI is InChI=1S/C15H9ClN4O6/c16-8-4-5-10(12(6-8)20(25)26)17-7-18-14(21)9-2-1-3-11(19(23)24)13(9)15(18)22/h1-6,17H,7H2. The van der Waals surface area contributed by atoms with Gasteiger partial charge in [-0.25, -0.2) is 0 Å². The zero-order valence-electron chi connectivity index (χ0n) is 12.8. The zero-order valence-corrected chi connectivity index (χ0v) is 13.6. The molecule has 10 nitrogen and oxygen atoms in total. The number of imide groups is 1. The lowest BCUT2D eigenvalue weighted by Gasteiger charge is -2.15. The minimum Gasteiger partial charge on any atom is -0.362 e. The topological polar surface area (TPSA) is 136 Å². The molecule has 1 N–H and O–H groups in total. The molecule has 0 aliphatic carbocycles. The number of anilines is 1. The summed E-state index contributed by atoms with van der Waals surface area (Å²) in [5, 5.41) is 24.9. The third-order valence-electron chi connectivity index (χ3n) is 3.76. The van der Waals surface area contributed by atoms with Crippen LogP contribution in [0.4, 0.5) is 17.1 Å². The summed E-state index contributed by atoms with van der Waals surface area (Å²) in [5.74, 6) is -1.57. The van der Waals surface area contributed by atoms with Crippen molar-refractivity contribution in [1.29, 1.82) is 0 Å². The second kappa shape index (κ2) is 6.41. The molecule has 1 aliphatic rings. The van der Waals surface area contributed by atoms with Gasteiger partial charge in [-0.1, -0.05) is 17.7 Å². The summed E-state index contributed by atoms with van der Waals surface area (Å²) in [7, 11) is 0. The van der Waals surface area contributed by atoms with Crippen molar-refractivity contribution in [2.24, 2.45) is 0 Å². The molecule has 0 radical (unpaired) electrons. The highest BCUT2D eigenvalue weighted by atomic mass is 35.5. The number of carbonyl (C=O) groups excluding carboxylic acids is 2. The van der Waals surface area contributed by atoms with Crippen LogP contribution >= 0.6 is 11.6 Å². The molecule has 2 aromatic rings. The first-order valence-corrected chi connectivity index (χ1v) is 7.50. The van der Waals surface area contributed by atoms with Crippen LogP contribution in [0.25, 0.3) is 0 Å². The molecule has 26 heavy (non-hydrogen) atoms. The molecule has 11 heteroatoms. The predicted molar refractivity (Wildman–Crippen MR) is 90.2 cm³/mol. The Morgan fingerprint density at radius 2 is 1.69 bits per heavy atom. The van der Waals surface area contributed by atoms with Gasteiger partial charge in [0.1, 0.15) is 11.3 Å². The second-order valence-electron chi connectivity index (χ2n) is 5.25. The molecule has 0 saturated heterocycles. The van der Waals surface area contributed by atoms with Gasteiger partial charge in [0.15, 0.2) is 0 Å². The SMILES string of the molecule is O=C1c2cccc([N+](=O)[O-])c2C(=O)N1CNc1ccc(Cl)cc1[N+](=O)[O-]. The van der Waals surface area contributed by atoms with E-state index in [-0.39, 0.29) is 27.5 Å². The van der Waals surface area contributed by atoms with E-state index in [2.05, 4.69) is 5.32 Å². The van der Waals surface area contributed by atoms with E-state index in [0.717, 1.165) is 17.0 Å². The van der Waals surface area contributed by atoms with Gasteiger partial charge in [-0.05, 0) is 18.2 Å². The Bertz CT molecular complexity index is 977. The number of nitro groups is 2. The summed E-state index contributed by atoms with van der Waals surface area (Å²) in [6, 6.07) is 7.61. The summed E-state index contributed by atoms with van der Waals surface area (Å²) in [6.07, 6.45) is 0. The molecule has 2 aromatic carbocycles. The number of nitro benzene ring substituents is 2. The van der Waals surface area contributed by atoms with Crippen molar-refractivity contribution in [3.63, 3.8) is 0 Å². The van der Waals surface area contributed by atoms with Gasteiger partial charge in [0.2, 0.25) is 0 Å². The number of nitrogens with one attached hydrogen (secondary N) is 1. The first-order chi connectivity index (χ1) is 12.3. The summed E-state index contributed by atoms with van der Waals surface area (Å²) in [4.78, 5) is 46.3. The van der Waals surface area contributed by atoms with Crippen LogP contribution < -0.4 is 5.32 Å². The number of carbonyl (C=O) groups is 2. The van der Waals surface area contributed by atoms with Crippen LogP contribution in [0.15, 0.2) is 36.4 Å². The molecule has 132 valence electrons. The van der Waals surface area contributed by atoms with Crippen molar-refractivity contribution >= 4 is 40.5 Å². The van der Waals surface area contributed by atoms with Crippen LogP contribution in [0.5, 0.6) is 0 Å². The molecule has 0 fully saturated rings. The number of hydrogen-bond donors (Lipinski definition) is 1. The Kier molecular flexibility index (Phi) is 4.26. The summed E-state index contributed by atoms with van der Waals surface area (Å²) in [5.41, 5.74) is -1.14. The molecule has 0 atom stereocenters. The molecule has 0 spiro atoms. The van der Waals surface area contributed by atoms with Gasteiger partial charge in [0.05, 0.1) is 22.1 Å². The number of benzene rings is 2. The first-order valence-electron chi connectivity index (χ1n) is 7.12. The van der Waals surface area contributed by atoms with E-state index >= 15 is 0 Å². The van der Waals surface area contributed by atoms with Crippen LogP contribution in [0.3, 0.4) is 0 Å². The zero-order chi connectivity index (χ0) is 19.0. The van der Waals surface area contributed by atoms with Crippen molar-refractivity contribution in [2.75, 3.05) is 12.0 Å². The molecule has 3 rings (SSSR count). The Morgan fingerprint density at radius 1 is 1.00 bits per heavy atom. The molecular weight excluding hydrogens is 368 g/mol. The third kappa shape index (κ3) is 2.82. The van der Waals surface area contributed by atoms with Gasteiger partial charge < -0.3 is 5.32 Å². The summed E-state index contributed by atoms with van der Waals surface area (Å²) < 4.78 is 0. The van der Waals surface area contributed by atoms with Gasteiger partial charge in [0, 0.05) is 17.2 Å². The smallest absolute Gasteiger partial charge is 0.293 e. The minimum absolute atomic E-state index is 0.0467. The molecular formula is C15H9ClN4O6. The van der Waals surface area contributed by atoms with Crippen LogP contribution in [-0.2, 0) is 0 Å². The molecule has 1 aliphatic heterocycles. The molecule has 0 saturated carbocycles. The number of rotatable bonds is 5. The maximum absolute atomic E-state index is 12.4. The monoisotopic (exact) mass is 376 g/mol. The average molecular weight is 377 g/mol. The Hall–Kier alpha value is -3.53. The maximum Gasteiger partial charge on any atom is 0.293 e. The van der Waals surface area contributed by atoms with E-state index < -0.39 is 34.0 Å². The van der Waals surface area contributed by atoms with Crippen molar-refractivity contribution in [3.8, 4) is 0 Å². The van der Waals surface area contributed by atoms with Crippen molar-refractivity contribution < 1.29 is 19.4 Å². The number of halogens is 1. The quantitative estimate of drug-likeness (QED) is 0.481. The van der Waals surface area contributed by atoms with Crippen molar-refractivity contribution in [1.82, 2.24) is 4.90 Å². The fourth-order valence-electron chi connectivity index (χ4n) is 2.58. The Balaban J connectivity index is 1.88. The second-order valence-corrected chi connectivity index (χ2v) is 5.69. The lowest BCUT2D eigenvalue weighted by Crippen LogP contribution is -2.34. The molecule has 1 heterocycles. The molecule has 0 aromatic heterocycles. The van der Waals surface area contributed by atoms with Crippen molar-refractivity contribution in [3.05, 3.63) is 72.8 Å². The number of hydrogen-bond acceptors (Lipinski definition) is 7. The number of amides is 2. The first kappa shape index (κ1) is 17.3. The Labute approximate surface area is 150 Å².